The van der Waals surface area contributed by atoms with Crippen molar-refractivity contribution in [2.45, 2.75) is 89.9 Å². The lowest BCUT2D eigenvalue weighted by Crippen LogP contribution is -2.27. The summed E-state index contributed by atoms with van der Waals surface area (Å²) in [6.45, 7) is 13.1. The van der Waals surface area contributed by atoms with E-state index in [0.29, 0.717) is 17.4 Å². The third-order valence-electron chi connectivity index (χ3n) is 5.80. The molecule has 32 heavy (non-hydrogen) atoms. The van der Waals surface area contributed by atoms with Crippen LogP contribution in [0.5, 0.6) is 0 Å². The molecular formula is C28H41NO2S. The predicted octanol–water partition coefficient (Wildman–Crippen LogP) is 7.30. The van der Waals surface area contributed by atoms with Crippen LogP contribution < -0.4 is 4.72 Å². The summed E-state index contributed by atoms with van der Waals surface area (Å²) in [6, 6.07) is 14.6. The van der Waals surface area contributed by atoms with Crippen molar-refractivity contribution in [1.82, 2.24) is 4.72 Å². The molecule has 0 aliphatic carbocycles. The molecule has 0 heterocycles. The summed E-state index contributed by atoms with van der Waals surface area (Å²) in [5.41, 5.74) is 4.40. The van der Waals surface area contributed by atoms with Crippen LogP contribution in [0.4, 0.5) is 0 Å². The number of unbranched alkanes of at least 4 members (excludes halogenated alkanes) is 1. The van der Waals surface area contributed by atoms with Gasteiger partial charge in [-0.2, -0.15) is 0 Å². The van der Waals surface area contributed by atoms with E-state index in [1.165, 1.54) is 11.1 Å². The molecule has 0 amide bonds. The minimum Gasteiger partial charge on any atom is -0.211 e. The summed E-state index contributed by atoms with van der Waals surface area (Å²) in [5, 5.41) is 0. The molecule has 2 rings (SSSR count). The molecule has 0 fully saturated rings. The van der Waals surface area contributed by atoms with Gasteiger partial charge in [0.25, 0.3) is 0 Å². The maximum atomic E-state index is 13.3. The summed E-state index contributed by atoms with van der Waals surface area (Å²) in [6.07, 6.45) is 8.06. The van der Waals surface area contributed by atoms with Gasteiger partial charge in [-0.15, -0.1) is 0 Å². The maximum Gasteiger partial charge on any atom is 0.241 e. The molecule has 1 N–H and O–H groups in total. The van der Waals surface area contributed by atoms with Gasteiger partial charge in [-0.25, -0.2) is 13.1 Å². The van der Waals surface area contributed by atoms with E-state index in [1.54, 1.807) is 0 Å². The Morgan fingerprint density at radius 2 is 1.38 bits per heavy atom. The summed E-state index contributed by atoms with van der Waals surface area (Å²) in [7, 11) is -3.56. The fraction of sp³-hybridized carbons (Fsp3) is 0.500. The predicted molar refractivity (Wildman–Crippen MR) is 137 cm³/mol. The van der Waals surface area contributed by atoms with Crippen LogP contribution in [0.1, 0.15) is 101 Å². The standard InChI is InChI=1S/C28H41NO2S/c1-21(2)25-19-26(22(3)4)28(27(20-25)23(5)6)32(30,31)29-18-14-9-7-8-11-15-24-16-12-10-13-17-24/h7-8,10,12-13,16-17,19-23,29H,9,11,14-15,18H2,1-6H3/b8-7-. The molecule has 0 spiro atoms. The summed E-state index contributed by atoms with van der Waals surface area (Å²) in [5.74, 6) is 0.652. The number of benzene rings is 2. The molecule has 0 radical (unpaired) electrons. The monoisotopic (exact) mass is 455 g/mol. The lowest BCUT2D eigenvalue weighted by molar-refractivity contribution is 0.574. The van der Waals surface area contributed by atoms with Crippen molar-refractivity contribution in [3.05, 3.63) is 76.9 Å². The molecule has 176 valence electrons. The SMILES string of the molecule is CC(C)c1cc(C(C)C)c(S(=O)(=O)NCCC/C=C\CCc2ccccc2)c(C(C)C)c1. The van der Waals surface area contributed by atoms with E-state index in [1.807, 2.05) is 6.07 Å². The van der Waals surface area contributed by atoms with Gasteiger partial charge in [0.05, 0.1) is 4.90 Å². The Balaban J connectivity index is 2.01. The summed E-state index contributed by atoms with van der Waals surface area (Å²) >= 11 is 0. The highest BCUT2D eigenvalue weighted by molar-refractivity contribution is 7.89. The molecule has 2 aromatic rings. The Hall–Kier alpha value is -1.91. The minimum absolute atomic E-state index is 0.144. The van der Waals surface area contributed by atoms with E-state index in [2.05, 4.69) is 94.8 Å². The quantitative estimate of drug-likeness (QED) is 0.269. The molecule has 3 nitrogen and oxygen atoms in total. The first-order chi connectivity index (χ1) is 15.1. The zero-order valence-corrected chi connectivity index (χ0v) is 21.5. The molecule has 0 atom stereocenters. The van der Waals surface area contributed by atoms with Gasteiger partial charge in [0, 0.05) is 6.54 Å². The van der Waals surface area contributed by atoms with Crippen molar-refractivity contribution in [1.29, 1.82) is 0 Å². The average molecular weight is 456 g/mol. The van der Waals surface area contributed by atoms with Crippen LogP contribution in [0.15, 0.2) is 59.5 Å². The highest BCUT2D eigenvalue weighted by atomic mass is 32.2. The Labute approximate surface area is 196 Å². The molecule has 0 aliphatic rings. The van der Waals surface area contributed by atoms with Gasteiger partial charge < -0.3 is 0 Å². The molecule has 0 saturated heterocycles. The highest BCUT2D eigenvalue weighted by Gasteiger charge is 2.26. The molecule has 0 aliphatic heterocycles. The Bertz CT molecular complexity index is 945. The fourth-order valence-electron chi connectivity index (χ4n) is 3.83. The van der Waals surface area contributed by atoms with Gasteiger partial charge in [0.2, 0.25) is 10.0 Å². The number of aryl methyl sites for hydroxylation is 1. The van der Waals surface area contributed by atoms with E-state index in [0.717, 1.165) is 36.8 Å². The highest BCUT2D eigenvalue weighted by Crippen LogP contribution is 2.35. The number of sulfonamides is 1. The third kappa shape index (κ3) is 7.60. The maximum absolute atomic E-state index is 13.3. The second kappa shape index (κ2) is 12.4. The zero-order valence-electron chi connectivity index (χ0n) is 20.7. The molecular weight excluding hydrogens is 414 g/mol. The van der Waals surface area contributed by atoms with Gasteiger partial charge in [0.1, 0.15) is 0 Å². The topological polar surface area (TPSA) is 46.2 Å². The van der Waals surface area contributed by atoms with Gasteiger partial charge in [0.15, 0.2) is 0 Å². The Morgan fingerprint density at radius 3 is 1.91 bits per heavy atom. The van der Waals surface area contributed by atoms with E-state index in [4.69, 9.17) is 0 Å². The Morgan fingerprint density at radius 1 is 0.812 bits per heavy atom. The first kappa shape index (κ1) is 26.3. The zero-order chi connectivity index (χ0) is 23.7. The Kier molecular flexibility index (Phi) is 10.2. The van der Waals surface area contributed by atoms with Crippen LogP contribution in [0.25, 0.3) is 0 Å². The van der Waals surface area contributed by atoms with E-state index < -0.39 is 10.0 Å². The van der Waals surface area contributed by atoms with E-state index >= 15 is 0 Å². The van der Waals surface area contributed by atoms with Crippen LogP contribution in [-0.4, -0.2) is 15.0 Å². The van der Waals surface area contributed by atoms with Gasteiger partial charge >= 0.3 is 0 Å². The lowest BCUT2D eigenvalue weighted by atomic mass is 9.89. The van der Waals surface area contributed by atoms with E-state index in [9.17, 15) is 8.42 Å². The summed E-state index contributed by atoms with van der Waals surface area (Å²) in [4.78, 5) is 0.491. The first-order valence-corrected chi connectivity index (χ1v) is 13.5. The van der Waals surface area contributed by atoms with Gasteiger partial charge in [-0.05, 0) is 65.7 Å². The minimum atomic E-state index is -3.56. The van der Waals surface area contributed by atoms with Crippen molar-refractivity contribution in [2.75, 3.05) is 6.54 Å². The van der Waals surface area contributed by atoms with Gasteiger partial charge in [-0.3, -0.25) is 0 Å². The largest absolute Gasteiger partial charge is 0.241 e. The van der Waals surface area contributed by atoms with Crippen LogP contribution in [0.3, 0.4) is 0 Å². The van der Waals surface area contributed by atoms with Crippen LogP contribution in [-0.2, 0) is 16.4 Å². The fourth-order valence-corrected chi connectivity index (χ4v) is 5.60. The molecule has 0 aromatic heterocycles. The number of hydrogen-bond donors (Lipinski definition) is 1. The number of nitrogens with one attached hydrogen (secondary N) is 1. The summed E-state index contributed by atoms with van der Waals surface area (Å²) < 4.78 is 29.5. The smallest absolute Gasteiger partial charge is 0.211 e. The lowest BCUT2D eigenvalue weighted by Gasteiger charge is -2.23. The number of hydrogen-bond acceptors (Lipinski definition) is 2. The first-order valence-electron chi connectivity index (χ1n) is 12.0. The second-order valence-electron chi connectivity index (χ2n) is 9.53. The van der Waals surface area contributed by atoms with Crippen LogP contribution >= 0.6 is 0 Å². The number of rotatable bonds is 12. The van der Waals surface area contributed by atoms with Crippen molar-refractivity contribution in [3.63, 3.8) is 0 Å². The molecule has 2 aromatic carbocycles. The van der Waals surface area contributed by atoms with Crippen LogP contribution in [0, 0.1) is 0 Å². The third-order valence-corrected chi connectivity index (χ3v) is 7.39. The van der Waals surface area contributed by atoms with E-state index in [-0.39, 0.29) is 11.8 Å². The average Bonchev–Trinajstić information content (AvgIpc) is 2.75. The molecule has 0 bridgehead atoms. The van der Waals surface area contributed by atoms with Crippen LogP contribution in [0.2, 0.25) is 0 Å². The molecule has 4 heteroatoms. The van der Waals surface area contributed by atoms with Crippen molar-refractivity contribution in [3.8, 4) is 0 Å². The molecule has 0 saturated carbocycles. The second-order valence-corrected chi connectivity index (χ2v) is 11.2. The number of allylic oxidation sites excluding steroid dienone is 2. The van der Waals surface area contributed by atoms with Crippen molar-refractivity contribution < 1.29 is 8.42 Å². The van der Waals surface area contributed by atoms with Crippen molar-refractivity contribution in [2.24, 2.45) is 0 Å². The van der Waals surface area contributed by atoms with Crippen molar-refractivity contribution >= 4 is 10.0 Å². The van der Waals surface area contributed by atoms with Gasteiger partial charge in [-0.1, -0.05) is 96.2 Å². The normalized spacial score (nSPS) is 12.5. The molecule has 0 unspecified atom stereocenters.